The third kappa shape index (κ3) is 2.46. The van der Waals surface area contributed by atoms with Crippen LogP contribution in [-0.2, 0) is 19.1 Å². The number of allylic oxidation sites excluding steroid dienone is 4. The Balaban J connectivity index is 1.82. The summed E-state index contributed by atoms with van der Waals surface area (Å²) in [5, 5.41) is -0.184. The lowest BCUT2D eigenvalue weighted by Crippen LogP contribution is -2.55. The number of fused-ring (bicyclic) bond motifs is 4. The van der Waals surface area contributed by atoms with Gasteiger partial charge in [0.2, 0.25) is 0 Å². The second-order valence-electron chi connectivity index (χ2n) is 9.56. The minimum Gasteiger partial charge on any atom is -0.451 e. The van der Waals surface area contributed by atoms with Gasteiger partial charge in [-0.3, -0.25) is 14.4 Å². The molecular formula is C23H29ClO4. The fraction of sp³-hybridized carbons (Fsp3) is 0.696. The maximum absolute atomic E-state index is 12.7. The van der Waals surface area contributed by atoms with E-state index in [0.29, 0.717) is 12.8 Å². The lowest BCUT2D eigenvalue weighted by molar-refractivity contribution is -0.179. The topological polar surface area (TPSA) is 60.4 Å². The first kappa shape index (κ1) is 19.9. The molecule has 4 aliphatic carbocycles. The molecule has 0 aromatic carbocycles. The Morgan fingerprint density at radius 3 is 2.50 bits per heavy atom. The van der Waals surface area contributed by atoms with E-state index in [4.69, 9.17) is 16.3 Å². The second-order valence-corrected chi connectivity index (χ2v) is 10.1. The van der Waals surface area contributed by atoms with Gasteiger partial charge in [0, 0.05) is 24.2 Å². The summed E-state index contributed by atoms with van der Waals surface area (Å²) in [5.74, 6) is -0.0744. The van der Waals surface area contributed by atoms with Crippen molar-refractivity contribution in [2.75, 3.05) is 0 Å². The number of Topliss-reactive ketones (excluding diaryl/α,β-unsaturated/α-hetero) is 1. The van der Waals surface area contributed by atoms with E-state index in [1.165, 1.54) is 18.1 Å². The predicted octanol–water partition coefficient (Wildman–Crippen LogP) is 4.69. The van der Waals surface area contributed by atoms with Crippen LogP contribution in [0.2, 0.25) is 0 Å². The van der Waals surface area contributed by atoms with Crippen molar-refractivity contribution >= 4 is 29.1 Å². The molecule has 0 amide bonds. The molecule has 4 aliphatic rings. The first-order valence-corrected chi connectivity index (χ1v) is 10.8. The molecule has 28 heavy (non-hydrogen) atoms. The van der Waals surface area contributed by atoms with E-state index in [9.17, 15) is 14.4 Å². The number of hydrogen-bond acceptors (Lipinski definition) is 4. The molecule has 152 valence electrons. The number of halogens is 1. The number of ketones is 2. The van der Waals surface area contributed by atoms with Crippen molar-refractivity contribution in [3.05, 3.63) is 22.8 Å². The monoisotopic (exact) mass is 404 g/mol. The van der Waals surface area contributed by atoms with Gasteiger partial charge in [0.15, 0.2) is 17.2 Å². The number of carbonyl (C=O) groups is 3. The molecule has 0 spiro atoms. The van der Waals surface area contributed by atoms with Crippen molar-refractivity contribution in [3.63, 3.8) is 0 Å². The number of esters is 1. The van der Waals surface area contributed by atoms with E-state index in [2.05, 4.69) is 13.8 Å². The standard InChI is InChI=1S/C23H29ClO4/c1-13(25)23(28-14(2)26)10-7-18-16-12-20(24)19-11-15(27)5-8-21(19,3)17(16)6-9-22(18,23)4/h11,18,20H,5-10,12H2,1-4H3/t18-,20?,21+,22-,23-/m0/s1. The normalized spacial score (nSPS) is 42.3. The number of ether oxygens (including phenoxy) is 1. The molecule has 1 saturated carbocycles. The van der Waals surface area contributed by atoms with Gasteiger partial charge in [-0.05, 0) is 63.0 Å². The van der Waals surface area contributed by atoms with Crippen LogP contribution in [0.5, 0.6) is 0 Å². The largest absolute Gasteiger partial charge is 0.451 e. The van der Waals surface area contributed by atoms with E-state index in [1.807, 2.05) is 0 Å². The van der Waals surface area contributed by atoms with Gasteiger partial charge in [-0.2, -0.15) is 0 Å². The number of hydrogen-bond donors (Lipinski definition) is 0. The van der Waals surface area contributed by atoms with E-state index in [0.717, 1.165) is 37.7 Å². The van der Waals surface area contributed by atoms with E-state index in [1.54, 1.807) is 13.0 Å². The summed E-state index contributed by atoms with van der Waals surface area (Å²) >= 11 is 6.81. The quantitative estimate of drug-likeness (QED) is 0.380. The van der Waals surface area contributed by atoms with Gasteiger partial charge in [-0.25, -0.2) is 0 Å². The SMILES string of the molecule is CC(=O)O[C@]1(C(C)=O)CC[C@H]2C3=C(CC[C@@]21C)[C@@]1(C)CCC(=O)C=C1C(Cl)C3. The Hall–Kier alpha value is -1.42. The molecule has 0 N–H and O–H groups in total. The third-order valence-corrected chi connectivity index (χ3v) is 8.68. The van der Waals surface area contributed by atoms with Crippen molar-refractivity contribution in [1.29, 1.82) is 0 Å². The number of carbonyl (C=O) groups excluding carboxylic acids is 3. The Bertz CT molecular complexity index is 840. The van der Waals surface area contributed by atoms with Crippen LogP contribution in [0.3, 0.4) is 0 Å². The molecule has 0 heterocycles. The van der Waals surface area contributed by atoms with Gasteiger partial charge in [0.25, 0.3) is 0 Å². The van der Waals surface area contributed by atoms with Crippen molar-refractivity contribution < 1.29 is 19.1 Å². The number of rotatable bonds is 2. The smallest absolute Gasteiger partial charge is 0.303 e. The molecule has 0 saturated heterocycles. The molecule has 1 fully saturated rings. The molecule has 4 nitrogen and oxygen atoms in total. The van der Waals surface area contributed by atoms with Gasteiger partial charge in [0.1, 0.15) is 0 Å². The van der Waals surface area contributed by atoms with Crippen LogP contribution in [0, 0.1) is 16.7 Å². The fourth-order valence-corrected chi connectivity index (χ4v) is 7.34. The first-order valence-electron chi connectivity index (χ1n) is 10.4. The van der Waals surface area contributed by atoms with Gasteiger partial charge in [0.05, 0.1) is 5.38 Å². The lowest BCUT2D eigenvalue weighted by Gasteiger charge is -2.54. The Kier molecular flexibility index (Phi) is 4.46. The Morgan fingerprint density at radius 1 is 1.14 bits per heavy atom. The summed E-state index contributed by atoms with van der Waals surface area (Å²) in [4.78, 5) is 36.7. The van der Waals surface area contributed by atoms with Gasteiger partial charge in [-0.1, -0.05) is 25.0 Å². The minimum atomic E-state index is -1.04. The summed E-state index contributed by atoms with van der Waals surface area (Å²) in [5.41, 5.74) is 2.26. The summed E-state index contributed by atoms with van der Waals surface area (Å²) in [6.45, 7) is 7.30. The van der Waals surface area contributed by atoms with Crippen molar-refractivity contribution in [2.45, 2.75) is 83.6 Å². The van der Waals surface area contributed by atoms with Crippen LogP contribution in [0.1, 0.15) is 72.6 Å². The molecule has 0 aromatic heterocycles. The average molecular weight is 405 g/mol. The van der Waals surface area contributed by atoms with Crippen molar-refractivity contribution in [1.82, 2.24) is 0 Å². The fourth-order valence-electron chi connectivity index (χ4n) is 6.87. The van der Waals surface area contributed by atoms with Crippen LogP contribution in [0.4, 0.5) is 0 Å². The lowest BCUT2D eigenvalue weighted by atomic mass is 9.52. The Morgan fingerprint density at radius 2 is 1.86 bits per heavy atom. The summed E-state index contributed by atoms with van der Waals surface area (Å²) in [6, 6.07) is 0. The summed E-state index contributed by atoms with van der Waals surface area (Å²) in [6.07, 6.45) is 6.96. The second kappa shape index (κ2) is 6.29. The molecule has 1 unspecified atom stereocenters. The van der Waals surface area contributed by atoms with Crippen LogP contribution in [0.15, 0.2) is 22.8 Å². The molecular weight excluding hydrogens is 376 g/mol. The highest BCUT2D eigenvalue weighted by Gasteiger charge is 2.65. The van der Waals surface area contributed by atoms with Gasteiger partial charge in [-0.15, -0.1) is 11.6 Å². The molecule has 0 aromatic rings. The first-order chi connectivity index (χ1) is 13.0. The van der Waals surface area contributed by atoms with E-state index in [-0.39, 0.29) is 28.3 Å². The molecule has 0 bridgehead atoms. The zero-order chi connectivity index (χ0) is 20.5. The van der Waals surface area contributed by atoms with E-state index >= 15 is 0 Å². The van der Waals surface area contributed by atoms with Crippen molar-refractivity contribution in [2.24, 2.45) is 16.7 Å². The maximum atomic E-state index is 12.7. The number of alkyl halides is 1. The van der Waals surface area contributed by atoms with Gasteiger partial charge >= 0.3 is 5.97 Å². The highest BCUT2D eigenvalue weighted by Crippen LogP contribution is 2.66. The zero-order valence-corrected chi connectivity index (χ0v) is 17.9. The molecule has 5 heteroatoms. The summed E-state index contributed by atoms with van der Waals surface area (Å²) in [7, 11) is 0. The minimum absolute atomic E-state index is 0.0509. The molecule has 0 aliphatic heterocycles. The van der Waals surface area contributed by atoms with E-state index < -0.39 is 17.0 Å². The molecule has 4 rings (SSSR count). The maximum Gasteiger partial charge on any atom is 0.303 e. The molecule has 5 atom stereocenters. The highest BCUT2D eigenvalue weighted by atomic mass is 35.5. The third-order valence-electron chi connectivity index (χ3n) is 8.29. The van der Waals surface area contributed by atoms with Crippen LogP contribution >= 0.6 is 11.6 Å². The molecule has 0 radical (unpaired) electrons. The van der Waals surface area contributed by atoms with Crippen LogP contribution < -0.4 is 0 Å². The zero-order valence-electron chi connectivity index (χ0n) is 17.2. The van der Waals surface area contributed by atoms with Crippen LogP contribution in [0.25, 0.3) is 0 Å². The van der Waals surface area contributed by atoms with Gasteiger partial charge < -0.3 is 4.74 Å². The van der Waals surface area contributed by atoms with Crippen molar-refractivity contribution in [3.8, 4) is 0 Å². The summed E-state index contributed by atoms with van der Waals surface area (Å²) < 4.78 is 5.79. The Labute approximate surface area is 171 Å². The average Bonchev–Trinajstić information content (AvgIpc) is 2.90. The predicted molar refractivity (Wildman–Crippen MR) is 107 cm³/mol. The highest BCUT2D eigenvalue weighted by molar-refractivity contribution is 6.23. The van der Waals surface area contributed by atoms with Crippen LogP contribution in [-0.4, -0.2) is 28.5 Å².